The van der Waals surface area contributed by atoms with E-state index in [0.717, 1.165) is 0 Å². The molecule has 0 spiro atoms. The molecule has 0 aliphatic carbocycles. The summed E-state index contributed by atoms with van der Waals surface area (Å²) < 4.78 is 4.41. The van der Waals surface area contributed by atoms with Crippen molar-refractivity contribution in [1.82, 2.24) is 0 Å². The molecule has 0 heterocycles. The second-order valence-electron chi connectivity index (χ2n) is 5.12. The predicted octanol–water partition coefficient (Wildman–Crippen LogP) is 5.38. The van der Waals surface area contributed by atoms with Gasteiger partial charge in [0.1, 0.15) is 0 Å². The van der Waals surface area contributed by atoms with Gasteiger partial charge in [-0.2, -0.15) is 0 Å². The van der Waals surface area contributed by atoms with Gasteiger partial charge in [-0.25, -0.2) is 0 Å². The Kier molecular flexibility index (Phi) is 9.10. The zero-order valence-electron chi connectivity index (χ0n) is 11.4. The number of hydrogen-bond acceptors (Lipinski definition) is 0. The van der Waals surface area contributed by atoms with Gasteiger partial charge in [0, 0.05) is 0 Å². The SMILES string of the molecule is C=C(C)C[CH2][Sn]([CH2]CC(=C)C)[CH2]CC(=C)C. The third-order valence-corrected chi connectivity index (χ3v) is 10.9. The van der Waals surface area contributed by atoms with E-state index in [1.165, 1.54) is 49.3 Å². The Morgan fingerprint density at radius 1 is 0.688 bits per heavy atom. The number of rotatable bonds is 9. The molecule has 0 aromatic rings. The maximum atomic E-state index is 4.01. The zero-order valence-corrected chi connectivity index (χ0v) is 14.2. The summed E-state index contributed by atoms with van der Waals surface area (Å²) in [5, 5.41) is 0. The molecule has 0 N–H and O–H groups in total. The standard InChI is InChI=1S/3C5H9.Sn/c3*1-4-5(2)3;/h3*1-2,4H2,3H3;. The predicted molar refractivity (Wildman–Crippen MR) is 78.5 cm³/mol. The topological polar surface area (TPSA) is 0 Å². The Bertz CT molecular complexity index is 207. The van der Waals surface area contributed by atoms with E-state index in [-0.39, 0.29) is 0 Å². The van der Waals surface area contributed by atoms with E-state index >= 15 is 0 Å². The fourth-order valence-electron chi connectivity index (χ4n) is 1.55. The minimum absolute atomic E-state index is 1.16. The number of hydrogen-bond donors (Lipinski definition) is 0. The third kappa shape index (κ3) is 10.5. The van der Waals surface area contributed by atoms with Crippen molar-refractivity contribution < 1.29 is 0 Å². The molecule has 0 aliphatic rings. The molecule has 0 atom stereocenters. The van der Waals surface area contributed by atoms with Crippen molar-refractivity contribution in [3.05, 3.63) is 36.5 Å². The van der Waals surface area contributed by atoms with Crippen LogP contribution in [0, 0.1) is 0 Å². The fraction of sp³-hybridized carbons (Fsp3) is 0.600. The van der Waals surface area contributed by atoms with E-state index in [9.17, 15) is 0 Å². The maximum absolute atomic E-state index is 4.01. The number of allylic oxidation sites excluding steroid dienone is 3. The molecule has 0 saturated carbocycles. The van der Waals surface area contributed by atoms with E-state index < -0.39 is 19.8 Å². The molecule has 0 amide bonds. The fourth-order valence-corrected chi connectivity index (χ4v) is 10.4. The van der Waals surface area contributed by atoms with Crippen LogP contribution in [0.3, 0.4) is 0 Å². The second kappa shape index (κ2) is 9.09. The summed E-state index contributed by atoms with van der Waals surface area (Å²) in [5.41, 5.74) is 4.05. The average Bonchev–Trinajstić information content (AvgIpc) is 2.15. The van der Waals surface area contributed by atoms with Crippen molar-refractivity contribution in [2.24, 2.45) is 0 Å². The average molecular weight is 326 g/mol. The normalized spacial score (nSPS) is 10.5. The monoisotopic (exact) mass is 327 g/mol. The van der Waals surface area contributed by atoms with E-state index in [4.69, 9.17) is 0 Å². The summed E-state index contributed by atoms with van der Waals surface area (Å²) in [5.74, 6) is 0. The van der Waals surface area contributed by atoms with Crippen LogP contribution in [0.25, 0.3) is 0 Å². The van der Waals surface area contributed by atoms with Crippen LogP contribution < -0.4 is 0 Å². The van der Waals surface area contributed by atoms with E-state index in [2.05, 4.69) is 40.5 Å². The van der Waals surface area contributed by atoms with E-state index in [0.29, 0.717) is 0 Å². The molecule has 0 saturated heterocycles. The molecule has 0 aromatic carbocycles. The van der Waals surface area contributed by atoms with Gasteiger partial charge in [-0.3, -0.25) is 0 Å². The molecule has 0 aromatic heterocycles. The van der Waals surface area contributed by atoms with Gasteiger partial charge in [-0.1, -0.05) is 0 Å². The van der Waals surface area contributed by atoms with Gasteiger partial charge < -0.3 is 0 Å². The van der Waals surface area contributed by atoms with Gasteiger partial charge in [0.15, 0.2) is 0 Å². The molecular formula is C15H27Sn. The van der Waals surface area contributed by atoms with Crippen molar-refractivity contribution in [2.45, 2.75) is 53.3 Å². The van der Waals surface area contributed by atoms with Crippen LogP contribution in [0.5, 0.6) is 0 Å². The van der Waals surface area contributed by atoms with Crippen LogP contribution >= 0.6 is 0 Å². The summed E-state index contributed by atoms with van der Waals surface area (Å²) in [6.07, 6.45) is 3.75. The van der Waals surface area contributed by atoms with Gasteiger partial charge >= 0.3 is 110 Å². The summed E-state index contributed by atoms with van der Waals surface area (Å²) in [4.78, 5) is 0. The van der Waals surface area contributed by atoms with Crippen LogP contribution in [-0.4, -0.2) is 19.8 Å². The molecule has 1 heteroatoms. The summed E-state index contributed by atoms with van der Waals surface area (Å²) in [6, 6.07) is 0. The first kappa shape index (κ1) is 16.0. The van der Waals surface area contributed by atoms with Gasteiger partial charge in [-0.05, 0) is 0 Å². The summed E-state index contributed by atoms with van der Waals surface area (Å²) >= 11 is -1.16. The van der Waals surface area contributed by atoms with Crippen LogP contribution in [0.2, 0.25) is 13.3 Å². The first-order valence-electron chi connectivity index (χ1n) is 6.18. The zero-order chi connectivity index (χ0) is 12.6. The Morgan fingerprint density at radius 2 is 0.938 bits per heavy atom. The molecule has 0 aliphatic heterocycles. The van der Waals surface area contributed by atoms with Crippen LogP contribution in [0.4, 0.5) is 0 Å². The van der Waals surface area contributed by atoms with Gasteiger partial charge in [-0.15, -0.1) is 0 Å². The Balaban J connectivity index is 3.98. The van der Waals surface area contributed by atoms with E-state index in [1.807, 2.05) is 0 Å². The molecule has 0 rings (SSSR count). The molecule has 16 heavy (non-hydrogen) atoms. The van der Waals surface area contributed by atoms with Crippen molar-refractivity contribution in [3.8, 4) is 0 Å². The van der Waals surface area contributed by atoms with Crippen molar-refractivity contribution in [3.63, 3.8) is 0 Å². The molecular weight excluding hydrogens is 299 g/mol. The second-order valence-corrected chi connectivity index (χ2v) is 13.7. The van der Waals surface area contributed by atoms with Crippen LogP contribution in [0.15, 0.2) is 36.5 Å². The van der Waals surface area contributed by atoms with Crippen LogP contribution in [0.1, 0.15) is 40.0 Å². The van der Waals surface area contributed by atoms with Crippen molar-refractivity contribution >= 4 is 19.8 Å². The molecule has 91 valence electrons. The van der Waals surface area contributed by atoms with Gasteiger partial charge in [0.05, 0.1) is 0 Å². The third-order valence-electron chi connectivity index (χ3n) is 2.72. The Morgan fingerprint density at radius 3 is 1.12 bits per heavy atom. The first-order valence-corrected chi connectivity index (χ1v) is 12.2. The molecule has 0 nitrogen and oxygen atoms in total. The quantitative estimate of drug-likeness (QED) is 0.394. The Labute approximate surface area is 109 Å². The van der Waals surface area contributed by atoms with Crippen LogP contribution in [-0.2, 0) is 0 Å². The minimum atomic E-state index is -1.16. The Hall–Kier alpha value is 0.0187. The summed E-state index contributed by atoms with van der Waals surface area (Å²) in [7, 11) is 0. The van der Waals surface area contributed by atoms with E-state index in [1.54, 1.807) is 0 Å². The van der Waals surface area contributed by atoms with Gasteiger partial charge in [0.25, 0.3) is 0 Å². The molecule has 0 unspecified atom stereocenters. The van der Waals surface area contributed by atoms with Crippen molar-refractivity contribution in [2.75, 3.05) is 0 Å². The molecule has 0 fully saturated rings. The summed E-state index contributed by atoms with van der Waals surface area (Å²) in [6.45, 7) is 18.5. The molecule has 1 radical (unpaired) electrons. The first-order chi connectivity index (χ1) is 7.41. The van der Waals surface area contributed by atoms with Gasteiger partial charge in [0.2, 0.25) is 0 Å². The molecule has 0 bridgehead atoms. The van der Waals surface area contributed by atoms with Crippen molar-refractivity contribution in [1.29, 1.82) is 0 Å².